The van der Waals surface area contributed by atoms with Crippen LogP contribution >= 0.6 is 0 Å². The SMILES string of the molecule is CCCCCCCCCCCCC(=O)CC1CCCC1. The van der Waals surface area contributed by atoms with Crippen molar-refractivity contribution in [1.82, 2.24) is 0 Å². The Morgan fingerprint density at radius 3 is 1.85 bits per heavy atom. The Labute approximate surface area is 126 Å². The molecule has 0 N–H and O–H groups in total. The highest BCUT2D eigenvalue weighted by Crippen LogP contribution is 2.28. The summed E-state index contributed by atoms with van der Waals surface area (Å²) in [6.07, 6.45) is 20.6. The van der Waals surface area contributed by atoms with Gasteiger partial charge in [-0.25, -0.2) is 0 Å². The molecule has 0 bridgehead atoms. The van der Waals surface area contributed by atoms with Crippen molar-refractivity contribution in [3.8, 4) is 0 Å². The Morgan fingerprint density at radius 2 is 1.30 bits per heavy atom. The smallest absolute Gasteiger partial charge is 0.133 e. The Balaban J connectivity index is 1.78. The molecule has 1 saturated carbocycles. The maximum absolute atomic E-state index is 11.8. The van der Waals surface area contributed by atoms with Gasteiger partial charge < -0.3 is 0 Å². The molecule has 0 radical (unpaired) electrons. The average Bonchev–Trinajstić information content (AvgIpc) is 2.93. The van der Waals surface area contributed by atoms with Crippen LogP contribution in [-0.4, -0.2) is 5.78 Å². The van der Waals surface area contributed by atoms with Crippen molar-refractivity contribution in [3.05, 3.63) is 0 Å². The van der Waals surface area contributed by atoms with Gasteiger partial charge in [0.25, 0.3) is 0 Å². The first-order chi connectivity index (χ1) is 9.83. The van der Waals surface area contributed by atoms with Crippen LogP contribution in [0.25, 0.3) is 0 Å². The van der Waals surface area contributed by atoms with Gasteiger partial charge in [0, 0.05) is 12.8 Å². The lowest BCUT2D eigenvalue weighted by molar-refractivity contribution is -0.120. The molecule has 1 fully saturated rings. The molecule has 0 aliphatic heterocycles. The van der Waals surface area contributed by atoms with Gasteiger partial charge in [0.2, 0.25) is 0 Å². The van der Waals surface area contributed by atoms with Crippen molar-refractivity contribution >= 4 is 5.78 Å². The molecule has 20 heavy (non-hydrogen) atoms. The predicted octanol–water partition coefficient (Wildman–Crippen LogP) is 6.45. The second-order valence-corrected chi connectivity index (χ2v) is 6.83. The van der Waals surface area contributed by atoms with Gasteiger partial charge in [-0.3, -0.25) is 4.79 Å². The zero-order chi connectivity index (χ0) is 14.5. The van der Waals surface area contributed by atoms with Gasteiger partial charge in [-0.1, -0.05) is 90.4 Å². The molecule has 1 aliphatic carbocycles. The van der Waals surface area contributed by atoms with E-state index in [2.05, 4.69) is 6.92 Å². The van der Waals surface area contributed by atoms with E-state index in [1.54, 1.807) is 0 Å². The summed E-state index contributed by atoms with van der Waals surface area (Å²) in [6.45, 7) is 2.27. The van der Waals surface area contributed by atoms with Crippen LogP contribution in [0.3, 0.4) is 0 Å². The van der Waals surface area contributed by atoms with Crippen LogP contribution in [0.4, 0.5) is 0 Å². The fraction of sp³-hybridized carbons (Fsp3) is 0.947. The topological polar surface area (TPSA) is 17.1 Å². The third-order valence-corrected chi connectivity index (χ3v) is 4.80. The molecular formula is C19H36O. The van der Waals surface area contributed by atoms with Gasteiger partial charge >= 0.3 is 0 Å². The molecule has 1 aliphatic rings. The summed E-state index contributed by atoms with van der Waals surface area (Å²) < 4.78 is 0. The van der Waals surface area contributed by atoms with Crippen molar-refractivity contribution < 1.29 is 4.79 Å². The summed E-state index contributed by atoms with van der Waals surface area (Å²) in [7, 11) is 0. The summed E-state index contributed by atoms with van der Waals surface area (Å²) in [6, 6.07) is 0. The third-order valence-electron chi connectivity index (χ3n) is 4.80. The third kappa shape index (κ3) is 9.55. The number of hydrogen-bond donors (Lipinski definition) is 0. The van der Waals surface area contributed by atoms with Gasteiger partial charge in [-0.05, 0) is 12.3 Å². The van der Waals surface area contributed by atoms with E-state index in [9.17, 15) is 4.79 Å². The number of unbranched alkanes of at least 4 members (excludes halogenated alkanes) is 9. The van der Waals surface area contributed by atoms with Crippen LogP contribution in [0.15, 0.2) is 0 Å². The molecule has 0 heterocycles. The van der Waals surface area contributed by atoms with E-state index >= 15 is 0 Å². The number of carbonyl (C=O) groups is 1. The standard InChI is InChI=1S/C19H36O/c1-2-3-4-5-6-7-8-9-10-11-16-19(20)17-18-14-12-13-15-18/h18H,2-17H2,1H3. The quantitative estimate of drug-likeness (QED) is 0.354. The Kier molecular flexibility index (Phi) is 11.0. The number of ketones is 1. The highest BCUT2D eigenvalue weighted by atomic mass is 16.1. The minimum absolute atomic E-state index is 0.538. The van der Waals surface area contributed by atoms with Gasteiger partial charge in [0.05, 0.1) is 0 Å². The first-order valence-corrected chi connectivity index (χ1v) is 9.34. The zero-order valence-electron chi connectivity index (χ0n) is 13.8. The number of rotatable bonds is 13. The lowest BCUT2D eigenvalue weighted by Crippen LogP contribution is -2.04. The van der Waals surface area contributed by atoms with E-state index in [1.807, 2.05) is 0 Å². The minimum Gasteiger partial charge on any atom is -0.300 e. The highest BCUT2D eigenvalue weighted by molar-refractivity contribution is 5.78. The second kappa shape index (κ2) is 12.4. The molecule has 0 amide bonds. The molecule has 1 heteroatoms. The summed E-state index contributed by atoms with van der Waals surface area (Å²) >= 11 is 0. The molecule has 0 aromatic carbocycles. The molecule has 0 atom stereocenters. The number of hydrogen-bond acceptors (Lipinski definition) is 1. The van der Waals surface area contributed by atoms with Crippen LogP contribution in [0, 0.1) is 5.92 Å². The Morgan fingerprint density at radius 1 is 0.800 bits per heavy atom. The van der Waals surface area contributed by atoms with Gasteiger partial charge in [0.1, 0.15) is 5.78 Å². The summed E-state index contributed by atoms with van der Waals surface area (Å²) in [5, 5.41) is 0. The van der Waals surface area contributed by atoms with Crippen molar-refractivity contribution in [2.24, 2.45) is 5.92 Å². The molecule has 0 saturated heterocycles. The fourth-order valence-corrected chi connectivity index (χ4v) is 3.45. The van der Waals surface area contributed by atoms with Gasteiger partial charge in [-0.15, -0.1) is 0 Å². The van der Waals surface area contributed by atoms with E-state index < -0.39 is 0 Å². The molecule has 1 nitrogen and oxygen atoms in total. The Bertz CT molecular complexity index is 228. The van der Waals surface area contributed by atoms with Gasteiger partial charge in [-0.2, -0.15) is 0 Å². The highest BCUT2D eigenvalue weighted by Gasteiger charge is 2.17. The minimum atomic E-state index is 0.538. The molecule has 0 spiro atoms. The first-order valence-electron chi connectivity index (χ1n) is 9.34. The van der Waals surface area contributed by atoms with Gasteiger partial charge in [0.15, 0.2) is 0 Å². The molecule has 118 valence electrons. The fourth-order valence-electron chi connectivity index (χ4n) is 3.45. The maximum Gasteiger partial charge on any atom is 0.133 e. The number of Topliss-reactive ketones (excluding diaryl/α,β-unsaturated/α-hetero) is 1. The normalized spacial score (nSPS) is 15.8. The molecule has 0 aromatic rings. The molecule has 0 unspecified atom stereocenters. The predicted molar refractivity (Wildman–Crippen MR) is 88.0 cm³/mol. The second-order valence-electron chi connectivity index (χ2n) is 6.83. The average molecular weight is 280 g/mol. The van der Waals surface area contributed by atoms with E-state index in [1.165, 1.54) is 83.5 Å². The van der Waals surface area contributed by atoms with E-state index in [-0.39, 0.29) is 0 Å². The lowest BCUT2D eigenvalue weighted by atomic mass is 9.97. The van der Waals surface area contributed by atoms with E-state index in [0.29, 0.717) is 5.78 Å². The van der Waals surface area contributed by atoms with Crippen molar-refractivity contribution in [2.75, 3.05) is 0 Å². The molecule has 0 aromatic heterocycles. The van der Waals surface area contributed by atoms with Crippen LogP contribution in [0.1, 0.15) is 110 Å². The lowest BCUT2D eigenvalue weighted by Gasteiger charge is -2.07. The van der Waals surface area contributed by atoms with Crippen molar-refractivity contribution in [2.45, 2.75) is 110 Å². The first kappa shape index (κ1) is 17.7. The van der Waals surface area contributed by atoms with E-state index in [4.69, 9.17) is 0 Å². The maximum atomic E-state index is 11.8. The molecular weight excluding hydrogens is 244 g/mol. The van der Waals surface area contributed by atoms with Crippen molar-refractivity contribution in [3.63, 3.8) is 0 Å². The summed E-state index contributed by atoms with van der Waals surface area (Å²) in [5.74, 6) is 1.28. The Hall–Kier alpha value is -0.330. The number of carbonyl (C=O) groups excluding carboxylic acids is 1. The molecule has 1 rings (SSSR count). The summed E-state index contributed by atoms with van der Waals surface area (Å²) in [5.41, 5.74) is 0. The van der Waals surface area contributed by atoms with Crippen molar-refractivity contribution in [1.29, 1.82) is 0 Å². The van der Waals surface area contributed by atoms with E-state index in [0.717, 1.165) is 25.2 Å². The largest absolute Gasteiger partial charge is 0.300 e. The van der Waals surface area contributed by atoms with Crippen LogP contribution < -0.4 is 0 Å². The van der Waals surface area contributed by atoms with Crippen LogP contribution in [0.2, 0.25) is 0 Å². The summed E-state index contributed by atoms with van der Waals surface area (Å²) in [4.78, 5) is 11.8. The monoisotopic (exact) mass is 280 g/mol. The zero-order valence-corrected chi connectivity index (χ0v) is 13.8. The van der Waals surface area contributed by atoms with Crippen LogP contribution in [0.5, 0.6) is 0 Å². The van der Waals surface area contributed by atoms with Crippen LogP contribution in [-0.2, 0) is 4.79 Å².